The molecule has 9 heteroatoms. The normalized spacial score (nSPS) is 23.0. The van der Waals surface area contributed by atoms with Crippen LogP contribution >= 0.6 is 0 Å². The molecule has 0 radical (unpaired) electrons. The lowest BCUT2D eigenvalue weighted by Crippen LogP contribution is -2.51. The SMILES string of the molecule is CC(C)(C)CCN1CCCC2(CCN(S(=O)(=O)c3ccc(N4CCOC4=O)nc3)CC2)C1. The van der Waals surface area contributed by atoms with Crippen molar-refractivity contribution in [1.29, 1.82) is 0 Å². The Bertz CT molecular complexity index is 918. The number of hydrogen-bond donors (Lipinski definition) is 0. The topological polar surface area (TPSA) is 83.0 Å². The molecular weight excluding hydrogens is 428 g/mol. The van der Waals surface area contributed by atoms with Gasteiger partial charge in [-0.3, -0.25) is 4.90 Å². The number of anilines is 1. The van der Waals surface area contributed by atoms with Crippen molar-refractivity contribution < 1.29 is 17.9 Å². The fourth-order valence-corrected chi connectivity index (χ4v) is 6.43. The Morgan fingerprint density at radius 1 is 1.09 bits per heavy atom. The van der Waals surface area contributed by atoms with Gasteiger partial charge in [0.2, 0.25) is 10.0 Å². The summed E-state index contributed by atoms with van der Waals surface area (Å²) >= 11 is 0. The van der Waals surface area contributed by atoms with E-state index in [9.17, 15) is 13.2 Å². The van der Waals surface area contributed by atoms with Crippen molar-refractivity contribution >= 4 is 21.9 Å². The van der Waals surface area contributed by atoms with E-state index in [1.165, 1.54) is 30.4 Å². The highest BCUT2D eigenvalue weighted by molar-refractivity contribution is 7.89. The number of piperidine rings is 2. The third-order valence-corrected chi connectivity index (χ3v) is 8.98. The molecule has 4 rings (SSSR count). The van der Waals surface area contributed by atoms with Gasteiger partial charge in [0.15, 0.2) is 0 Å². The van der Waals surface area contributed by atoms with Crippen molar-refractivity contribution in [2.24, 2.45) is 10.8 Å². The lowest BCUT2D eigenvalue weighted by molar-refractivity contribution is 0.0383. The van der Waals surface area contributed by atoms with Crippen LogP contribution in [0, 0.1) is 10.8 Å². The first-order chi connectivity index (χ1) is 15.1. The van der Waals surface area contributed by atoms with Crippen LogP contribution < -0.4 is 4.90 Å². The van der Waals surface area contributed by atoms with Gasteiger partial charge in [0, 0.05) is 25.8 Å². The third kappa shape index (κ3) is 5.10. The molecule has 3 saturated heterocycles. The predicted molar refractivity (Wildman–Crippen MR) is 123 cm³/mol. The maximum Gasteiger partial charge on any atom is 0.415 e. The second-order valence-electron chi connectivity index (χ2n) is 10.7. The second kappa shape index (κ2) is 8.91. The van der Waals surface area contributed by atoms with Crippen LogP contribution in [0.25, 0.3) is 0 Å². The van der Waals surface area contributed by atoms with Crippen molar-refractivity contribution in [2.45, 2.75) is 57.8 Å². The molecule has 0 N–H and O–H groups in total. The maximum absolute atomic E-state index is 13.2. The summed E-state index contributed by atoms with van der Waals surface area (Å²) in [6, 6.07) is 3.13. The van der Waals surface area contributed by atoms with Crippen molar-refractivity contribution in [1.82, 2.24) is 14.2 Å². The number of carbonyl (C=O) groups is 1. The number of aromatic nitrogens is 1. The molecule has 0 aromatic carbocycles. The number of hydrogen-bond acceptors (Lipinski definition) is 6. The minimum absolute atomic E-state index is 0.181. The van der Waals surface area contributed by atoms with E-state index in [1.807, 2.05) is 0 Å². The smallest absolute Gasteiger partial charge is 0.415 e. The summed E-state index contributed by atoms with van der Waals surface area (Å²) in [4.78, 5) is 20.1. The van der Waals surface area contributed by atoms with E-state index < -0.39 is 16.1 Å². The van der Waals surface area contributed by atoms with Crippen molar-refractivity contribution in [3.63, 3.8) is 0 Å². The van der Waals surface area contributed by atoms with Gasteiger partial charge in [-0.2, -0.15) is 4.31 Å². The average molecular weight is 465 g/mol. The zero-order valence-electron chi connectivity index (χ0n) is 19.5. The van der Waals surface area contributed by atoms with Crippen LogP contribution in [0.15, 0.2) is 23.2 Å². The molecule has 3 fully saturated rings. The largest absolute Gasteiger partial charge is 0.447 e. The molecule has 3 aliphatic rings. The van der Waals surface area contributed by atoms with E-state index in [-0.39, 0.29) is 10.3 Å². The zero-order chi connectivity index (χ0) is 23.0. The van der Waals surface area contributed by atoms with Crippen molar-refractivity contribution in [3.05, 3.63) is 18.3 Å². The molecular formula is C23H36N4O4S. The molecule has 0 aliphatic carbocycles. The van der Waals surface area contributed by atoms with Crippen LogP contribution in [-0.2, 0) is 14.8 Å². The van der Waals surface area contributed by atoms with Crippen LogP contribution in [0.3, 0.4) is 0 Å². The number of nitrogens with zero attached hydrogens (tertiary/aromatic N) is 4. The Balaban J connectivity index is 1.37. The summed E-state index contributed by atoms with van der Waals surface area (Å²) < 4.78 is 32.9. The van der Waals surface area contributed by atoms with Crippen molar-refractivity contribution in [2.75, 3.05) is 50.8 Å². The predicted octanol–water partition coefficient (Wildman–Crippen LogP) is 3.34. The van der Waals surface area contributed by atoms with Crippen LogP contribution in [0.2, 0.25) is 0 Å². The van der Waals surface area contributed by atoms with Crippen LogP contribution in [0.5, 0.6) is 0 Å². The fourth-order valence-electron chi connectivity index (χ4n) is 5.04. The number of sulfonamides is 1. The summed E-state index contributed by atoms with van der Waals surface area (Å²) in [7, 11) is -3.59. The lowest BCUT2D eigenvalue weighted by Gasteiger charge is -2.47. The minimum atomic E-state index is -3.59. The minimum Gasteiger partial charge on any atom is -0.447 e. The van der Waals surface area contributed by atoms with Crippen LogP contribution in [0.1, 0.15) is 52.9 Å². The van der Waals surface area contributed by atoms with Crippen molar-refractivity contribution in [3.8, 4) is 0 Å². The Morgan fingerprint density at radius 3 is 2.44 bits per heavy atom. The molecule has 4 heterocycles. The van der Waals surface area contributed by atoms with Gasteiger partial charge in [0.05, 0.1) is 6.54 Å². The van der Waals surface area contributed by atoms with Gasteiger partial charge in [-0.1, -0.05) is 20.8 Å². The van der Waals surface area contributed by atoms with E-state index >= 15 is 0 Å². The second-order valence-corrected chi connectivity index (χ2v) is 12.7. The molecule has 0 atom stereocenters. The van der Waals surface area contributed by atoms with Gasteiger partial charge < -0.3 is 9.64 Å². The van der Waals surface area contributed by atoms with E-state index in [0.717, 1.165) is 32.5 Å². The zero-order valence-corrected chi connectivity index (χ0v) is 20.4. The average Bonchev–Trinajstić information content (AvgIpc) is 3.18. The van der Waals surface area contributed by atoms with E-state index in [4.69, 9.17) is 4.74 Å². The van der Waals surface area contributed by atoms with E-state index in [2.05, 4.69) is 30.7 Å². The Kier molecular flexibility index (Phi) is 6.53. The molecule has 0 saturated carbocycles. The highest BCUT2D eigenvalue weighted by Gasteiger charge is 2.41. The molecule has 1 spiro atoms. The molecule has 8 nitrogen and oxygen atoms in total. The first kappa shape index (κ1) is 23.4. The van der Waals surface area contributed by atoms with Gasteiger partial charge >= 0.3 is 6.09 Å². The standard InChI is InChI=1S/C23H36N4O4S/c1-22(2,3)8-12-25-11-4-7-23(18-25)9-13-26(14-10-23)32(29,30)19-5-6-20(24-17-19)27-15-16-31-21(27)28/h5-6,17H,4,7-16,18H2,1-3H3. The fraction of sp³-hybridized carbons (Fsp3) is 0.739. The van der Waals surface area contributed by atoms with Gasteiger partial charge in [-0.05, 0) is 68.2 Å². The number of rotatable bonds is 5. The monoisotopic (exact) mass is 464 g/mol. The first-order valence-electron chi connectivity index (χ1n) is 11.7. The molecule has 3 aliphatic heterocycles. The van der Waals surface area contributed by atoms with Gasteiger partial charge in [0.25, 0.3) is 0 Å². The number of likely N-dealkylation sites (tertiary alicyclic amines) is 1. The summed E-state index contributed by atoms with van der Waals surface area (Å²) in [5.74, 6) is 0.418. The summed E-state index contributed by atoms with van der Waals surface area (Å²) in [6.45, 7) is 12.1. The first-order valence-corrected chi connectivity index (χ1v) is 13.2. The highest BCUT2D eigenvalue weighted by Crippen LogP contribution is 2.41. The number of amides is 1. The van der Waals surface area contributed by atoms with E-state index in [1.54, 1.807) is 16.4 Å². The van der Waals surface area contributed by atoms with Gasteiger partial charge in [0.1, 0.15) is 17.3 Å². The van der Waals surface area contributed by atoms with Crippen LogP contribution in [0.4, 0.5) is 10.6 Å². The summed E-state index contributed by atoms with van der Waals surface area (Å²) in [5.41, 5.74) is 0.571. The number of cyclic esters (lactones) is 1. The Labute approximate surface area is 192 Å². The number of carbonyl (C=O) groups excluding carboxylic acids is 1. The quantitative estimate of drug-likeness (QED) is 0.665. The molecule has 1 aromatic heterocycles. The molecule has 0 unspecified atom stereocenters. The van der Waals surface area contributed by atoms with Crippen LogP contribution in [-0.4, -0.2) is 74.6 Å². The molecule has 32 heavy (non-hydrogen) atoms. The van der Waals surface area contributed by atoms with Gasteiger partial charge in [-0.15, -0.1) is 0 Å². The highest BCUT2D eigenvalue weighted by atomic mass is 32.2. The Hall–Kier alpha value is -1.71. The number of ether oxygens (including phenoxy) is 1. The summed E-state index contributed by atoms with van der Waals surface area (Å²) in [6.07, 6.45) is 6.29. The van der Waals surface area contributed by atoms with Gasteiger partial charge in [-0.25, -0.2) is 18.2 Å². The number of pyridine rings is 1. The third-order valence-electron chi connectivity index (χ3n) is 7.10. The molecule has 0 bridgehead atoms. The maximum atomic E-state index is 13.2. The Morgan fingerprint density at radius 2 is 1.84 bits per heavy atom. The molecule has 1 amide bonds. The molecule has 1 aromatic rings. The molecule has 178 valence electrons. The lowest BCUT2D eigenvalue weighted by atomic mass is 9.73. The summed E-state index contributed by atoms with van der Waals surface area (Å²) in [5, 5.41) is 0. The van der Waals surface area contributed by atoms with E-state index in [0.29, 0.717) is 37.5 Å².